The molecule has 0 unspecified atom stereocenters. The minimum Gasteiger partial charge on any atom is -0.299 e. The average Bonchev–Trinajstić information content (AvgIpc) is 1.80. The highest BCUT2D eigenvalue weighted by Crippen LogP contribution is 2.40. The van der Waals surface area contributed by atoms with Crippen LogP contribution in [0.3, 0.4) is 0 Å². The van der Waals surface area contributed by atoms with Crippen molar-refractivity contribution in [1.29, 1.82) is 0 Å². The van der Waals surface area contributed by atoms with E-state index in [2.05, 4.69) is 41.5 Å². The molecule has 0 bridgehead atoms. The fraction of sp³-hybridized carbons (Fsp3) is 0.917. The van der Waals surface area contributed by atoms with Crippen LogP contribution in [0, 0.1) is 16.7 Å². The zero-order chi connectivity index (χ0) is 10.9. The molecule has 0 aliphatic rings. The maximum Gasteiger partial charge on any atom is 0.136 e. The smallest absolute Gasteiger partial charge is 0.136 e. The lowest BCUT2D eigenvalue weighted by molar-refractivity contribution is -0.130. The van der Waals surface area contributed by atoms with Crippen molar-refractivity contribution in [2.45, 2.75) is 54.9 Å². The third-order valence-corrected chi connectivity index (χ3v) is 2.40. The van der Waals surface area contributed by atoms with Gasteiger partial charge in [-0.1, -0.05) is 48.5 Å². The van der Waals surface area contributed by atoms with Crippen LogP contribution in [-0.2, 0) is 4.79 Å². The normalized spacial score (nSPS) is 13.5. The quantitative estimate of drug-likeness (QED) is 0.640. The van der Waals surface area contributed by atoms with E-state index in [1.807, 2.05) is 6.92 Å². The van der Waals surface area contributed by atoms with E-state index in [1.165, 1.54) is 0 Å². The summed E-state index contributed by atoms with van der Waals surface area (Å²) in [5, 5.41) is 0. The second-order valence-electron chi connectivity index (χ2n) is 5.98. The summed E-state index contributed by atoms with van der Waals surface area (Å²) in [5.74, 6) is 0.546. The molecule has 0 spiro atoms. The van der Waals surface area contributed by atoms with Gasteiger partial charge in [0.2, 0.25) is 0 Å². The average molecular weight is 184 g/mol. The van der Waals surface area contributed by atoms with Gasteiger partial charge in [-0.3, -0.25) is 4.79 Å². The number of hydrogen-bond acceptors (Lipinski definition) is 1. The number of Topliss-reactive ketones (excluding diaryl/α,β-unsaturated/α-hetero) is 1. The molecular formula is C12H24O. The third kappa shape index (κ3) is 3.50. The van der Waals surface area contributed by atoms with Gasteiger partial charge in [0.1, 0.15) is 5.78 Å². The molecule has 0 saturated heterocycles. The predicted molar refractivity (Wildman–Crippen MR) is 57.7 cm³/mol. The first-order valence-corrected chi connectivity index (χ1v) is 5.13. The van der Waals surface area contributed by atoms with E-state index < -0.39 is 0 Å². The van der Waals surface area contributed by atoms with E-state index in [0.29, 0.717) is 12.2 Å². The van der Waals surface area contributed by atoms with Gasteiger partial charge in [-0.2, -0.15) is 0 Å². The fourth-order valence-electron chi connectivity index (χ4n) is 2.47. The molecule has 0 N–H and O–H groups in total. The predicted octanol–water partition coefficient (Wildman–Crippen LogP) is 3.67. The van der Waals surface area contributed by atoms with E-state index in [-0.39, 0.29) is 16.7 Å². The van der Waals surface area contributed by atoms with E-state index in [0.717, 1.165) is 0 Å². The molecule has 1 heteroatoms. The van der Waals surface area contributed by atoms with Crippen LogP contribution in [-0.4, -0.2) is 5.78 Å². The van der Waals surface area contributed by atoms with E-state index in [9.17, 15) is 4.79 Å². The summed E-state index contributed by atoms with van der Waals surface area (Å²) in [6, 6.07) is 0. The van der Waals surface area contributed by atoms with Crippen LogP contribution in [0.4, 0.5) is 0 Å². The van der Waals surface area contributed by atoms with Crippen LogP contribution in [0.15, 0.2) is 0 Å². The van der Waals surface area contributed by atoms with Crippen molar-refractivity contribution >= 4 is 5.78 Å². The largest absolute Gasteiger partial charge is 0.299 e. The fourth-order valence-corrected chi connectivity index (χ4v) is 2.47. The van der Waals surface area contributed by atoms with E-state index in [4.69, 9.17) is 0 Å². The zero-order valence-corrected chi connectivity index (χ0v) is 10.2. The first-order chi connectivity index (χ1) is 5.60. The summed E-state index contributed by atoms with van der Waals surface area (Å²) >= 11 is 0. The number of ketones is 1. The van der Waals surface area contributed by atoms with Crippen molar-refractivity contribution in [2.75, 3.05) is 0 Å². The molecule has 0 atom stereocenters. The Morgan fingerprint density at radius 2 is 1.31 bits per heavy atom. The third-order valence-electron chi connectivity index (χ3n) is 2.40. The Morgan fingerprint density at radius 1 is 1.00 bits per heavy atom. The molecule has 1 nitrogen and oxygen atoms in total. The molecule has 0 aromatic carbocycles. The van der Waals surface area contributed by atoms with Gasteiger partial charge in [-0.25, -0.2) is 0 Å². The summed E-state index contributed by atoms with van der Waals surface area (Å²) in [6.07, 6.45) is 0.652. The van der Waals surface area contributed by atoms with Crippen LogP contribution in [0.1, 0.15) is 54.9 Å². The lowest BCUT2D eigenvalue weighted by atomic mass is 9.64. The highest BCUT2D eigenvalue weighted by Gasteiger charge is 2.38. The zero-order valence-electron chi connectivity index (χ0n) is 10.2. The molecule has 0 heterocycles. The molecule has 0 aromatic rings. The Labute approximate surface area is 82.9 Å². The highest BCUT2D eigenvalue weighted by atomic mass is 16.1. The molecule has 0 aromatic heterocycles. The van der Waals surface area contributed by atoms with E-state index >= 15 is 0 Å². The Balaban J connectivity index is 4.89. The maximum absolute atomic E-state index is 11.8. The summed E-state index contributed by atoms with van der Waals surface area (Å²) in [7, 11) is 0. The summed E-state index contributed by atoms with van der Waals surface area (Å²) in [4.78, 5) is 11.8. The molecule has 78 valence electrons. The van der Waals surface area contributed by atoms with Gasteiger partial charge >= 0.3 is 0 Å². The standard InChI is InChI=1S/C12H24O/c1-8-9(13)10(11(2,3)4)12(5,6)7/h10H,8H2,1-7H3. The Hall–Kier alpha value is -0.330. The van der Waals surface area contributed by atoms with Crippen molar-refractivity contribution in [2.24, 2.45) is 16.7 Å². The number of carbonyl (C=O) groups is 1. The SMILES string of the molecule is CCC(=O)C(C(C)(C)C)C(C)(C)C. The minimum atomic E-state index is 0.0747. The van der Waals surface area contributed by atoms with Gasteiger partial charge < -0.3 is 0 Å². The molecule has 0 amide bonds. The highest BCUT2D eigenvalue weighted by molar-refractivity contribution is 5.82. The summed E-state index contributed by atoms with van der Waals surface area (Å²) in [5.41, 5.74) is 0.149. The first-order valence-electron chi connectivity index (χ1n) is 5.13. The lowest BCUT2D eigenvalue weighted by Crippen LogP contribution is -2.38. The summed E-state index contributed by atoms with van der Waals surface area (Å²) in [6.45, 7) is 14.8. The second kappa shape index (κ2) is 3.81. The topological polar surface area (TPSA) is 17.1 Å². The molecule has 0 fully saturated rings. The van der Waals surface area contributed by atoms with Crippen LogP contribution in [0.5, 0.6) is 0 Å². The van der Waals surface area contributed by atoms with Crippen molar-refractivity contribution in [3.8, 4) is 0 Å². The molecule has 0 rings (SSSR count). The Bertz CT molecular complexity index is 164. The first kappa shape index (κ1) is 12.7. The van der Waals surface area contributed by atoms with Crippen LogP contribution in [0.25, 0.3) is 0 Å². The van der Waals surface area contributed by atoms with Gasteiger partial charge in [-0.15, -0.1) is 0 Å². The van der Waals surface area contributed by atoms with Gasteiger partial charge in [0.25, 0.3) is 0 Å². The molecule has 13 heavy (non-hydrogen) atoms. The van der Waals surface area contributed by atoms with Crippen molar-refractivity contribution < 1.29 is 4.79 Å². The Morgan fingerprint density at radius 3 is 1.38 bits per heavy atom. The van der Waals surface area contributed by atoms with Crippen LogP contribution < -0.4 is 0 Å². The van der Waals surface area contributed by atoms with Crippen LogP contribution in [0.2, 0.25) is 0 Å². The molecule has 0 saturated carbocycles. The van der Waals surface area contributed by atoms with Gasteiger partial charge in [0.15, 0.2) is 0 Å². The van der Waals surface area contributed by atoms with Crippen molar-refractivity contribution in [1.82, 2.24) is 0 Å². The molecular weight excluding hydrogens is 160 g/mol. The second-order valence-corrected chi connectivity index (χ2v) is 5.98. The van der Waals surface area contributed by atoms with Crippen molar-refractivity contribution in [3.05, 3.63) is 0 Å². The number of hydrogen-bond donors (Lipinski definition) is 0. The molecule has 0 radical (unpaired) electrons. The minimum absolute atomic E-state index is 0.0747. The lowest BCUT2D eigenvalue weighted by Gasteiger charge is -2.39. The number of carbonyl (C=O) groups excluding carboxylic acids is 1. The number of rotatable bonds is 2. The summed E-state index contributed by atoms with van der Waals surface area (Å²) < 4.78 is 0. The van der Waals surface area contributed by atoms with Gasteiger partial charge in [0.05, 0.1) is 0 Å². The van der Waals surface area contributed by atoms with E-state index in [1.54, 1.807) is 0 Å². The maximum atomic E-state index is 11.8. The van der Waals surface area contributed by atoms with Gasteiger partial charge in [0, 0.05) is 12.3 Å². The van der Waals surface area contributed by atoms with Gasteiger partial charge in [-0.05, 0) is 10.8 Å². The monoisotopic (exact) mass is 184 g/mol. The Kier molecular flexibility index (Phi) is 3.71. The molecule has 0 aliphatic carbocycles. The molecule has 0 aliphatic heterocycles. The van der Waals surface area contributed by atoms with Crippen LogP contribution >= 0.6 is 0 Å². The van der Waals surface area contributed by atoms with Crippen molar-refractivity contribution in [3.63, 3.8) is 0 Å².